The summed E-state index contributed by atoms with van der Waals surface area (Å²) >= 11 is 0. The van der Waals surface area contributed by atoms with Crippen LogP contribution in [-0.4, -0.2) is 0 Å². The summed E-state index contributed by atoms with van der Waals surface area (Å²) in [6, 6.07) is 65.6. The van der Waals surface area contributed by atoms with Gasteiger partial charge in [0.15, 0.2) is 0 Å². The maximum Gasteiger partial charge on any atom is 0.123 e. The number of fused-ring (bicyclic) bond motifs is 6. The van der Waals surface area contributed by atoms with Crippen LogP contribution < -0.4 is 4.90 Å². The fourth-order valence-electron chi connectivity index (χ4n) is 7.61. The Balaban J connectivity index is 1.45. The fraction of sp³-hybridized carbons (Fsp3) is 0.0204. The molecule has 0 heterocycles. The molecular formula is C49H34FN. The molecule has 0 aromatic heterocycles. The van der Waals surface area contributed by atoms with Crippen LogP contribution in [0.25, 0.3) is 65.7 Å². The highest BCUT2D eigenvalue weighted by Gasteiger charge is 2.22. The molecule has 51 heavy (non-hydrogen) atoms. The molecule has 0 unspecified atom stereocenters. The van der Waals surface area contributed by atoms with E-state index < -0.39 is 0 Å². The van der Waals surface area contributed by atoms with Crippen molar-refractivity contribution in [2.24, 2.45) is 0 Å². The lowest BCUT2D eigenvalue weighted by Crippen LogP contribution is -2.10. The quantitative estimate of drug-likeness (QED) is 0.161. The van der Waals surface area contributed by atoms with Crippen LogP contribution in [0.3, 0.4) is 0 Å². The summed E-state index contributed by atoms with van der Waals surface area (Å²) in [7, 11) is 0. The Morgan fingerprint density at radius 3 is 1.49 bits per heavy atom. The number of nitrogens with zero attached hydrogens (tertiary/aromatic N) is 1. The first kappa shape index (κ1) is 30.5. The van der Waals surface area contributed by atoms with E-state index in [-0.39, 0.29) is 5.82 Å². The Kier molecular flexibility index (Phi) is 7.63. The highest BCUT2D eigenvalue weighted by molar-refractivity contribution is 6.33. The first-order chi connectivity index (χ1) is 25.1. The van der Waals surface area contributed by atoms with E-state index in [1.165, 1.54) is 78.0 Å². The first-order valence-corrected chi connectivity index (χ1v) is 17.4. The molecule has 1 nitrogen and oxygen atoms in total. The van der Waals surface area contributed by atoms with Gasteiger partial charge in [-0.25, -0.2) is 4.39 Å². The minimum absolute atomic E-state index is 0.254. The zero-order chi connectivity index (χ0) is 34.3. The molecule has 0 saturated heterocycles. The SMILES string of the molecule is Cc1ccc(N(c2ccc(F)cc2)c2ccc3c(c2)c2ccccc2c2c(-c4ccccc4)cc(-c4ccccc4)c(-c4ccccc4)c32)cc1. The molecule has 0 amide bonds. The number of hydrogen-bond donors (Lipinski definition) is 0. The minimum atomic E-state index is -0.254. The second-order valence-corrected chi connectivity index (χ2v) is 13.1. The summed E-state index contributed by atoms with van der Waals surface area (Å²) in [4.78, 5) is 2.21. The molecule has 0 atom stereocenters. The van der Waals surface area contributed by atoms with Crippen molar-refractivity contribution >= 4 is 49.4 Å². The average Bonchev–Trinajstić information content (AvgIpc) is 3.20. The lowest BCUT2D eigenvalue weighted by Gasteiger charge is -2.27. The number of anilines is 3. The molecule has 0 radical (unpaired) electrons. The van der Waals surface area contributed by atoms with Crippen LogP contribution in [0.2, 0.25) is 0 Å². The van der Waals surface area contributed by atoms with Crippen molar-refractivity contribution in [3.8, 4) is 33.4 Å². The molecule has 0 saturated carbocycles. The third-order valence-corrected chi connectivity index (χ3v) is 9.95. The molecular weight excluding hydrogens is 622 g/mol. The van der Waals surface area contributed by atoms with Gasteiger partial charge in [0.1, 0.15) is 5.82 Å². The van der Waals surface area contributed by atoms with E-state index in [0.29, 0.717) is 0 Å². The Morgan fingerprint density at radius 2 is 0.863 bits per heavy atom. The number of hydrogen-bond acceptors (Lipinski definition) is 1. The Bertz CT molecular complexity index is 2620. The third kappa shape index (κ3) is 5.42. The largest absolute Gasteiger partial charge is 0.310 e. The van der Waals surface area contributed by atoms with Crippen LogP contribution in [0.15, 0.2) is 188 Å². The third-order valence-electron chi connectivity index (χ3n) is 9.95. The Morgan fingerprint density at radius 1 is 0.373 bits per heavy atom. The van der Waals surface area contributed by atoms with Crippen molar-refractivity contribution in [1.29, 1.82) is 0 Å². The van der Waals surface area contributed by atoms with Gasteiger partial charge in [-0.2, -0.15) is 0 Å². The van der Waals surface area contributed by atoms with E-state index in [2.05, 4.69) is 176 Å². The van der Waals surface area contributed by atoms with Gasteiger partial charge in [-0.05, 0) is 127 Å². The van der Waals surface area contributed by atoms with Crippen LogP contribution in [-0.2, 0) is 0 Å². The van der Waals surface area contributed by atoms with Gasteiger partial charge in [-0.1, -0.05) is 139 Å². The van der Waals surface area contributed by atoms with Gasteiger partial charge in [0.05, 0.1) is 0 Å². The summed E-state index contributed by atoms with van der Waals surface area (Å²) in [5, 5.41) is 7.21. The summed E-state index contributed by atoms with van der Waals surface area (Å²) in [6.45, 7) is 2.09. The molecule has 0 aliphatic heterocycles. The molecule has 9 rings (SSSR count). The number of benzene rings is 9. The first-order valence-electron chi connectivity index (χ1n) is 17.4. The van der Waals surface area contributed by atoms with Crippen LogP contribution in [0, 0.1) is 12.7 Å². The predicted molar refractivity (Wildman–Crippen MR) is 215 cm³/mol. The number of rotatable bonds is 6. The monoisotopic (exact) mass is 655 g/mol. The van der Waals surface area contributed by atoms with Gasteiger partial charge >= 0.3 is 0 Å². The van der Waals surface area contributed by atoms with Crippen molar-refractivity contribution in [3.63, 3.8) is 0 Å². The number of halogens is 1. The van der Waals surface area contributed by atoms with E-state index in [9.17, 15) is 4.39 Å². The molecule has 0 aliphatic carbocycles. The zero-order valence-corrected chi connectivity index (χ0v) is 28.2. The van der Waals surface area contributed by atoms with Crippen molar-refractivity contribution < 1.29 is 4.39 Å². The maximum atomic E-state index is 14.2. The highest BCUT2D eigenvalue weighted by atomic mass is 19.1. The molecule has 242 valence electrons. The van der Waals surface area contributed by atoms with E-state index in [4.69, 9.17) is 0 Å². The molecule has 9 aromatic rings. The lowest BCUT2D eigenvalue weighted by molar-refractivity contribution is 0.628. The average molecular weight is 656 g/mol. The molecule has 0 spiro atoms. The minimum Gasteiger partial charge on any atom is -0.310 e. The predicted octanol–water partition coefficient (Wildman–Crippen LogP) is 14.1. The van der Waals surface area contributed by atoms with Gasteiger partial charge in [0.25, 0.3) is 0 Å². The second-order valence-electron chi connectivity index (χ2n) is 13.1. The number of aryl methyl sites for hydroxylation is 1. The van der Waals surface area contributed by atoms with Gasteiger partial charge in [0.2, 0.25) is 0 Å². The van der Waals surface area contributed by atoms with Crippen molar-refractivity contribution in [3.05, 3.63) is 199 Å². The smallest absolute Gasteiger partial charge is 0.123 e. The molecule has 0 N–H and O–H groups in total. The Labute approximate surface area is 297 Å². The topological polar surface area (TPSA) is 3.24 Å². The van der Waals surface area contributed by atoms with Gasteiger partial charge in [-0.15, -0.1) is 0 Å². The normalized spacial score (nSPS) is 11.3. The van der Waals surface area contributed by atoms with Crippen molar-refractivity contribution in [2.45, 2.75) is 6.92 Å². The summed E-state index contributed by atoms with van der Waals surface area (Å²) < 4.78 is 14.2. The lowest BCUT2D eigenvalue weighted by atomic mass is 9.81. The second kappa shape index (κ2) is 12.7. The van der Waals surface area contributed by atoms with Crippen molar-refractivity contribution in [1.82, 2.24) is 0 Å². The van der Waals surface area contributed by atoms with Gasteiger partial charge in [0, 0.05) is 17.1 Å². The molecule has 0 fully saturated rings. The summed E-state index contributed by atoms with van der Waals surface area (Å²) in [6.07, 6.45) is 0. The van der Waals surface area contributed by atoms with Crippen LogP contribution in [0.4, 0.5) is 21.5 Å². The highest BCUT2D eigenvalue weighted by Crippen LogP contribution is 2.50. The van der Waals surface area contributed by atoms with E-state index in [1.54, 1.807) is 0 Å². The van der Waals surface area contributed by atoms with Crippen LogP contribution >= 0.6 is 0 Å². The maximum absolute atomic E-state index is 14.2. The Hall–Kier alpha value is -6.51. The summed E-state index contributed by atoms with van der Waals surface area (Å²) in [5.74, 6) is -0.254. The molecule has 2 heteroatoms. The molecule has 0 bridgehead atoms. The van der Waals surface area contributed by atoms with Crippen LogP contribution in [0.1, 0.15) is 5.56 Å². The van der Waals surface area contributed by atoms with Crippen molar-refractivity contribution in [2.75, 3.05) is 4.90 Å². The van der Waals surface area contributed by atoms with E-state index in [1.807, 2.05) is 12.1 Å². The summed E-state index contributed by atoms with van der Waals surface area (Å²) in [5.41, 5.74) is 11.3. The standard InChI is InChI=1S/C49H34FN/c1-33-21-25-38(26-22-33)51(39-27-23-37(50)24-28-39)40-29-30-43-46(31-40)41-19-11-12-20-42(41)48-45(35-15-7-3-8-16-35)32-44(34-13-5-2-6-14-34)47(49(43)48)36-17-9-4-10-18-36/h2-32H,1H3. The van der Waals surface area contributed by atoms with Crippen LogP contribution in [0.5, 0.6) is 0 Å². The van der Waals surface area contributed by atoms with E-state index in [0.717, 1.165) is 22.4 Å². The van der Waals surface area contributed by atoms with Gasteiger partial charge < -0.3 is 4.90 Å². The zero-order valence-electron chi connectivity index (χ0n) is 28.2. The molecule has 9 aromatic carbocycles. The molecule has 0 aliphatic rings. The fourth-order valence-corrected chi connectivity index (χ4v) is 7.61. The van der Waals surface area contributed by atoms with E-state index >= 15 is 0 Å². The van der Waals surface area contributed by atoms with Gasteiger partial charge in [-0.3, -0.25) is 0 Å².